The van der Waals surface area contributed by atoms with Crippen LogP contribution in [0.2, 0.25) is 0 Å². The van der Waals surface area contributed by atoms with Gasteiger partial charge < -0.3 is 10.6 Å². The van der Waals surface area contributed by atoms with Gasteiger partial charge in [-0.3, -0.25) is 9.59 Å². The standard InChI is InChI=1S/C13H22N2O2/c16-12-13(17)15-11-7-5-3-1-2-4-6-10(14-12)8-9-11/h10-11H,1-9H2,(H,14,16)(H,15,17). The van der Waals surface area contributed by atoms with Crippen LogP contribution in [-0.2, 0) is 9.59 Å². The highest BCUT2D eigenvalue weighted by molar-refractivity contribution is 6.35. The minimum absolute atomic E-state index is 0.203. The van der Waals surface area contributed by atoms with E-state index >= 15 is 0 Å². The Balaban J connectivity index is 2.04. The Morgan fingerprint density at radius 1 is 0.647 bits per heavy atom. The molecule has 0 aromatic heterocycles. The Hall–Kier alpha value is -1.06. The predicted molar refractivity (Wildman–Crippen MR) is 65.4 cm³/mol. The summed E-state index contributed by atoms with van der Waals surface area (Å²) in [4.78, 5) is 23.2. The first-order valence-corrected chi connectivity index (χ1v) is 6.87. The summed E-state index contributed by atoms with van der Waals surface area (Å²) < 4.78 is 0. The molecule has 4 heteroatoms. The first-order chi connectivity index (χ1) is 8.25. The van der Waals surface area contributed by atoms with Gasteiger partial charge in [-0.2, -0.15) is 0 Å². The number of rotatable bonds is 0. The number of amides is 2. The van der Waals surface area contributed by atoms with E-state index in [2.05, 4.69) is 10.6 Å². The van der Waals surface area contributed by atoms with Crippen molar-refractivity contribution in [3.8, 4) is 0 Å². The molecule has 96 valence electrons. The van der Waals surface area contributed by atoms with Crippen molar-refractivity contribution in [1.82, 2.24) is 10.6 Å². The maximum absolute atomic E-state index is 11.6. The lowest BCUT2D eigenvalue weighted by Gasteiger charge is -2.26. The topological polar surface area (TPSA) is 58.2 Å². The second-order valence-corrected chi connectivity index (χ2v) is 5.26. The van der Waals surface area contributed by atoms with E-state index in [1.54, 1.807) is 0 Å². The highest BCUT2D eigenvalue weighted by Gasteiger charge is 2.25. The van der Waals surface area contributed by atoms with Crippen LogP contribution >= 0.6 is 0 Å². The maximum Gasteiger partial charge on any atom is 0.309 e. The summed E-state index contributed by atoms with van der Waals surface area (Å²) in [7, 11) is 0. The van der Waals surface area contributed by atoms with Crippen LogP contribution in [0, 0.1) is 0 Å². The molecular weight excluding hydrogens is 216 g/mol. The average molecular weight is 238 g/mol. The fourth-order valence-corrected chi connectivity index (χ4v) is 2.79. The van der Waals surface area contributed by atoms with E-state index in [4.69, 9.17) is 0 Å². The minimum atomic E-state index is -0.445. The molecule has 17 heavy (non-hydrogen) atoms. The third-order valence-corrected chi connectivity index (χ3v) is 3.85. The highest BCUT2D eigenvalue weighted by atomic mass is 16.2. The van der Waals surface area contributed by atoms with Crippen molar-refractivity contribution < 1.29 is 9.59 Å². The molecule has 2 N–H and O–H groups in total. The predicted octanol–water partition coefficient (Wildman–Crippen LogP) is 1.49. The number of hydrogen-bond donors (Lipinski definition) is 2. The molecule has 1 saturated heterocycles. The van der Waals surface area contributed by atoms with Gasteiger partial charge in [0.25, 0.3) is 0 Å². The smallest absolute Gasteiger partial charge is 0.309 e. The Morgan fingerprint density at radius 3 is 1.53 bits per heavy atom. The summed E-state index contributed by atoms with van der Waals surface area (Å²) in [6.07, 6.45) is 10.1. The summed E-state index contributed by atoms with van der Waals surface area (Å²) in [6, 6.07) is 0.406. The largest absolute Gasteiger partial charge is 0.345 e. The van der Waals surface area contributed by atoms with Crippen LogP contribution in [0.1, 0.15) is 57.8 Å². The summed E-state index contributed by atoms with van der Waals surface area (Å²) in [6.45, 7) is 0. The van der Waals surface area contributed by atoms with Crippen LogP contribution in [0.15, 0.2) is 0 Å². The summed E-state index contributed by atoms with van der Waals surface area (Å²) in [5.41, 5.74) is 0. The minimum Gasteiger partial charge on any atom is -0.345 e. The number of fused-ring (bicyclic) bond motifs is 3. The van der Waals surface area contributed by atoms with Crippen LogP contribution in [0.5, 0.6) is 0 Å². The molecule has 2 unspecified atom stereocenters. The third kappa shape index (κ3) is 3.72. The SMILES string of the molecule is O=C1NC2CCCCCCCC(CC2)NC1=O. The molecule has 0 spiro atoms. The van der Waals surface area contributed by atoms with Crippen molar-refractivity contribution in [2.75, 3.05) is 0 Å². The van der Waals surface area contributed by atoms with E-state index in [9.17, 15) is 9.59 Å². The summed E-state index contributed by atoms with van der Waals surface area (Å²) >= 11 is 0. The van der Waals surface area contributed by atoms with Gasteiger partial charge in [-0.05, 0) is 25.7 Å². The zero-order valence-corrected chi connectivity index (χ0v) is 10.3. The number of carbonyl (C=O) groups is 2. The van der Waals surface area contributed by atoms with Crippen LogP contribution in [0.3, 0.4) is 0 Å². The highest BCUT2D eigenvalue weighted by Crippen LogP contribution is 2.18. The van der Waals surface area contributed by atoms with Gasteiger partial charge in [0.05, 0.1) is 0 Å². The zero-order chi connectivity index (χ0) is 12.1. The van der Waals surface area contributed by atoms with E-state index in [1.807, 2.05) is 0 Å². The molecule has 2 atom stereocenters. The quantitative estimate of drug-likeness (QED) is 0.628. The van der Waals surface area contributed by atoms with Crippen molar-refractivity contribution in [2.24, 2.45) is 0 Å². The van der Waals surface area contributed by atoms with Crippen LogP contribution in [0.4, 0.5) is 0 Å². The lowest BCUT2D eigenvalue weighted by molar-refractivity contribution is -0.140. The van der Waals surface area contributed by atoms with Crippen molar-refractivity contribution >= 4 is 11.8 Å². The first kappa shape index (κ1) is 12.4. The molecule has 1 heterocycles. The second-order valence-electron chi connectivity index (χ2n) is 5.26. The molecule has 1 aliphatic carbocycles. The molecule has 2 fully saturated rings. The van der Waals surface area contributed by atoms with Gasteiger partial charge in [0, 0.05) is 12.1 Å². The summed E-state index contributed by atoms with van der Waals surface area (Å²) in [5.74, 6) is -0.891. The van der Waals surface area contributed by atoms with Gasteiger partial charge in [0.2, 0.25) is 0 Å². The second kappa shape index (κ2) is 6.03. The molecule has 1 aliphatic heterocycles. The van der Waals surface area contributed by atoms with E-state index in [1.165, 1.54) is 19.3 Å². The number of hydrogen-bond acceptors (Lipinski definition) is 2. The zero-order valence-electron chi connectivity index (χ0n) is 10.3. The molecule has 2 rings (SSSR count). The fourth-order valence-electron chi connectivity index (χ4n) is 2.79. The average Bonchev–Trinajstić information content (AvgIpc) is 2.34. The van der Waals surface area contributed by atoms with Gasteiger partial charge in [0.1, 0.15) is 0 Å². The lowest BCUT2D eigenvalue weighted by atomic mass is 9.98. The molecule has 2 amide bonds. The van der Waals surface area contributed by atoms with Gasteiger partial charge in [-0.25, -0.2) is 0 Å². The third-order valence-electron chi connectivity index (χ3n) is 3.85. The Kier molecular flexibility index (Phi) is 4.40. The van der Waals surface area contributed by atoms with Gasteiger partial charge >= 0.3 is 11.8 Å². The van der Waals surface area contributed by atoms with E-state index < -0.39 is 11.8 Å². The van der Waals surface area contributed by atoms with Crippen molar-refractivity contribution in [2.45, 2.75) is 69.9 Å². The molecule has 0 aromatic carbocycles. The lowest BCUT2D eigenvalue weighted by Crippen LogP contribution is -2.50. The van der Waals surface area contributed by atoms with E-state index in [0.717, 1.165) is 38.5 Å². The molecule has 0 aromatic rings. The van der Waals surface area contributed by atoms with E-state index in [0.29, 0.717) is 0 Å². The molecule has 1 saturated carbocycles. The maximum atomic E-state index is 11.6. The van der Waals surface area contributed by atoms with Gasteiger partial charge in [0.15, 0.2) is 0 Å². The van der Waals surface area contributed by atoms with Gasteiger partial charge in [-0.15, -0.1) is 0 Å². The van der Waals surface area contributed by atoms with E-state index in [-0.39, 0.29) is 12.1 Å². The summed E-state index contributed by atoms with van der Waals surface area (Å²) in [5, 5.41) is 5.68. The molecular formula is C13H22N2O2. The van der Waals surface area contributed by atoms with Crippen molar-refractivity contribution in [1.29, 1.82) is 0 Å². The first-order valence-electron chi connectivity index (χ1n) is 6.87. The molecule has 2 aliphatic rings. The van der Waals surface area contributed by atoms with Gasteiger partial charge in [-0.1, -0.05) is 32.1 Å². The Morgan fingerprint density at radius 2 is 1.06 bits per heavy atom. The van der Waals surface area contributed by atoms with Crippen molar-refractivity contribution in [3.05, 3.63) is 0 Å². The normalized spacial score (nSPS) is 31.8. The van der Waals surface area contributed by atoms with Crippen LogP contribution in [0.25, 0.3) is 0 Å². The molecule has 0 radical (unpaired) electrons. The Bertz CT molecular complexity index is 263. The van der Waals surface area contributed by atoms with Crippen LogP contribution < -0.4 is 10.6 Å². The number of nitrogens with one attached hydrogen (secondary N) is 2. The molecule has 2 bridgehead atoms. The molecule has 4 nitrogen and oxygen atoms in total. The monoisotopic (exact) mass is 238 g/mol. The van der Waals surface area contributed by atoms with Crippen LogP contribution in [-0.4, -0.2) is 23.9 Å². The number of carbonyl (C=O) groups excluding carboxylic acids is 2. The van der Waals surface area contributed by atoms with Crippen molar-refractivity contribution in [3.63, 3.8) is 0 Å². The Labute approximate surface area is 103 Å². The fraction of sp³-hybridized carbons (Fsp3) is 0.846.